The Morgan fingerprint density at radius 1 is 1.15 bits per heavy atom. The van der Waals surface area contributed by atoms with Crippen LogP contribution in [-0.4, -0.2) is 30.1 Å². The number of non-ortho nitro benzene ring substituents is 1. The molecule has 3 rings (SSSR count). The van der Waals surface area contributed by atoms with E-state index in [0.717, 1.165) is 31.6 Å². The number of hydrogen-bond acceptors (Lipinski definition) is 5. The van der Waals surface area contributed by atoms with Crippen LogP contribution in [0.4, 0.5) is 11.4 Å². The predicted molar refractivity (Wildman–Crippen MR) is 106 cm³/mol. The number of nitro benzene ring substituents is 1. The number of amides is 1. The first kappa shape index (κ1) is 18.8. The Hall–Kier alpha value is -2.93. The van der Waals surface area contributed by atoms with Crippen LogP contribution in [0.15, 0.2) is 47.6 Å². The summed E-state index contributed by atoms with van der Waals surface area (Å²) in [4.78, 5) is 25.0. The fraction of sp³-hybridized carbons (Fsp3) is 0.263. The SMILES string of the molecule is O=C(NN=Cc1cc([N+](=O)[O-])ccc1N1CCCCC1)c1ccc(Cl)cc1. The van der Waals surface area contributed by atoms with E-state index in [0.29, 0.717) is 16.1 Å². The monoisotopic (exact) mass is 386 g/mol. The Kier molecular flexibility index (Phi) is 6.03. The number of piperidine rings is 1. The van der Waals surface area contributed by atoms with Gasteiger partial charge in [-0.2, -0.15) is 5.10 Å². The Labute approximate surface area is 161 Å². The summed E-state index contributed by atoms with van der Waals surface area (Å²) in [6, 6.07) is 11.1. The van der Waals surface area contributed by atoms with E-state index in [9.17, 15) is 14.9 Å². The molecule has 0 spiro atoms. The summed E-state index contributed by atoms with van der Waals surface area (Å²) in [6.45, 7) is 1.80. The van der Waals surface area contributed by atoms with Gasteiger partial charge in [0.25, 0.3) is 11.6 Å². The average Bonchev–Trinajstić information content (AvgIpc) is 2.69. The Bertz CT molecular complexity index is 862. The zero-order valence-electron chi connectivity index (χ0n) is 14.6. The Balaban J connectivity index is 1.79. The molecule has 2 aromatic carbocycles. The van der Waals surface area contributed by atoms with Crippen LogP contribution in [0.5, 0.6) is 0 Å². The summed E-state index contributed by atoms with van der Waals surface area (Å²) in [6.07, 6.45) is 4.80. The quantitative estimate of drug-likeness (QED) is 0.478. The number of halogens is 1. The minimum absolute atomic E-state index is 0.0127. The van der Waals surface area contributed by atoms with E-state index < -0.39 is 4.92 Å². The lowest BCUT2D eigenvalue weighted by Gasteiger charge is -2.29. The van der Waals surface area contributed by atoms with Crippen LogP contribution < -0.4 is 10.3 Å². The van der Waals surface area contributed by atoms with E-state index >= 15 is 0 Å². The maximum absolute atomic E-state index is 12.1. The smallest absolute Gasteiger partial charge is 0.271 e. The summed E-state index contributed by atoms with van der Waals surface area (Å²) in [5.41, 5.74) is 4.33. The molecular weight excluding hydrogens is 368 g/mol. The van der Waals surface area contributed by atoms with Gasteiger partial charge in [0.05, 0.1) is 11.1 Å². The van der Waals surface area contributed by atoms with E-state index in [-0.39, 0.29) is 11.6 Å². The fourth-order valence-electron chi connectivity index (χ4n) is 3.01. The lowest BCUT2D eigenvalue weighted by molar-refractivity contribution is -0.384. The molecule has 1 heterocycles. The zero-order chi connectivity index (χ0) is 19.2. The second-order valence-electron chi connectivity index (χ2n) is 6.25. The molecule has 0 aliphatic carbocycles. The van der Waals surface area contributed by atoms with E-state index in [1.165, 1.54) is 24.8 Å². The molecule has 0 radical (unpaired) electrons. The normalized spacial score (nSPS) is 14.3. The topological polar surface area (TPSA) is 87.8 Å². The molecule has 2 aromatic rings. The van der Waals surface area contributed by atoms with Crippen molar-refractivity contribution in [3.05, 3.63) is 68.7 Å². The second kappa shape index (κ2) is 8.64. The summed E-state index contributed by atoms with van der Waals surface area (Å²) in [5, 5.41) is 15.6. The molecule has 0 unspecified atom stereocenters. The van der Waals surface area contributed by atoms with Gasteiger partial charge in [0.2, 0.25) is 0 Å². The van der Waals surface area contributed by atoms with Crippen molar-refractivity contribution in [3.63, 3.8) is 0 Å². The molecule has 0 saturated carbocycles. The van der Waals surface area contributed by atoms with Gasteiger partial charge >= 0.3 is 0 Å². The summed E-state index contributed by atoms with van der Waals surface area (Å²) in [5.74, 6) is -0.382. The molecule has 1 amide bonds. The third-order valence-corrected chi connectivity index (χ3v) is 4.65. The molecule has 0 bridgehead atoms. The van der Waals surface area contributed by atoms with E-state index in [4.69, 9.17) is 11.6 Å². The number of hydrazone groups is 1. The standard InChI is InChI=1S/C19H19ClN4O3/c20-16-6-4-14(5-7-16)19(25)22-21-13-15-12-17(24(26)27)8-9-18(15)23-10-2-1-3-11-23/h4-9,12-13H,1-3,10-11H2,(H,22,25). The van der Waals surface area contributed by atoms with Gasteiger partial charge in [0, 0.05) is 47.1 Å². The van der Waals surface area contributed by atoms with Crippen LogP contribution in [0.2, 0.25) is 5.02 Å². The lowest BCUT2D eigenvalue weighted by Crippen LogP contribution is -2.30. The molecule has 0 atom stereocenters. The lowest BCUT2D eigenvalue weighted by atomic mass is 10.1. The molecule has 1 N–H and O–H groups in total. The number of carbonyl (C=O) groups is 1. The van der Waals surface area contributed by atoms with Crippen molar-refractivity contribution in [3.8, 4) is 0 Å². The number of nitrogens with zero attached hydrogens (tertiary/aromatic N) is 3. The number of rotatable bonds is 5. The number of hydrogen-bond donors (Lipinski definition) is 1. The molecule has 8 heteroatoms. The number of benzene rings is 2. The van der Waals surface area contributed by atoms with Crippen molar-refractivity contribution in [1.82, 2.24) is 5.43 Å². The number of anilines is 1. The third kappa shape index (κ3) is 4.83. The van der Waals surface area contributed by atoms with Gasteiger partial charge in [-0.25, -0.2) is 5.43 Å². The molecule has 1 aliphatic rings. The first-order chi connectivity index (χ1) is 13.0. The van der Waals surface area contributed by atoms with Crippen LogP contribution >= 0.6 is 11.6 Å². The van der Waals surface area contributed by atoms with Crippen LogP contribution in [0.1, 0.15) is 35.2 Å². The van der Waals surface area contributed by atoms with Gasteiger partial charge in [0.15, 0.2) is 0 Å². The largest absolute Gasteiger partial charge is 0.371 e. The highest BCUT2D eigenvalue weighted by atomic mass is 35.5. The van der Waals surface area contributed by atoms with Crippen molar-refractivity contribution in [2.45, 2.75) is 19.3 Å². The van der Waals surface area contributed by atoms with Gasteiger partial charge in [-0.05, 0) is 49.6 Å². The summed E-state index contributed by atoms with van der Waals surface area (Å²) >= 11 is 5.81. The van der Waals surface area contributed by atoms with Crippen LogP contribution in [0.25, 0.3) is 0 Å². The molecule has 1 aliphatic heterocycles. The van der Waals surface area contributed by atoms with Crippen molar-refractivity contribution < 1.29 is 9.72 Å². The fourth-order valence-corrected chi connectivity index (χ4v) is 3.13. The first-order valence-corrected chi connectivity index (χ1v) is 9.05. The van der Waals surface area contributed by atoms with E-state index in [2.05, 4.69) is 15.4 Å². The maximum Gasteiger partial charge on any atom is 0.271 e. The van der Waals surface area contributed by atoms with Crippen molar-refractivity contribution in [2.24, 2.45) is 5.10 Å². The van der Waals surface area contributed by atoms with Gasteiger partial charge in [-0.1, -0.05) is 11.6 Å². The molecular formula is C19H19ClN4O3. The molecule has 27 heavy (non-hydrogen) atoms. The Morgan fingerprint density at radius 2 is 1.85 bits per heavy atom. The second-order valence-corrected chi connectivity index (χ2v) is 6.69. The van der Waals surface area contributed by atoms with Crippen molar-refractivity contribution in [1.29, 1.82) is 0 Å². The first-order valence-electron chi connectivity index (χ1n) is 8.67. The molecule has 140 valence electrons. The highest BCUT2D eigenvalue weighted by Gasteiger charge is 2.17. The summed E-state index contributed by atoms with van der Waals surface area (Å²) in [7, 11) is 0. The number of nitro groups is 1. The number of nitrogens with one attached hydrogen (secondary N) is 1. The van der Waals surface area contributed by atoms with Crippen LogP contribution in [-0.2, 0) is 0 Å². The average molecular weight is 387 g/mol. The highest BCUT2D eigenvalue weighted by Crippen LogP contribution is 2.26. The molecule has 7 nitrogen and oxygen atoms in total. The van der Waals surface area contributed by atoms with Gasteiger partial charge in [-0.15, -0.1) is 0 Å². The van der Waals surface area contributed by atoms with Crippen LogP contribution in [0.3, 0.4) is 0 Å². The molecule has 0 aromatic heterocycles. The van der Waals surface area contributed by atoms with Crippen molar-refractivity contribution in [2.75, 3.05) is 18.0 Å². The van der Waals surface area contributed by atoms with E-state index in [1.807, 2.05) is 0 Å². The maximum atomic E-state index is 12.1. The summed E-state index contributed by atoms with van der Waals surface area (Å²) < 4.78 is 0. The zero-order valence-corrected chi connectivity index (χ0v) is 15.4. The third-order valence-electron chi connectivity index (χ3n) is 4.39. The number of carbonyl (C=O) groups excluding carboxylic acids is 1. The molecule has 1 fully saturated rings. The van der Waals surface area contributed by atoms with E-state index in [1.54, 1.807) is 30.3 Å². The van der Waals surface area contributed by atoms with Crippen molar-refractivity contribution >= 4 is 35.1 Å². The minimum atomic E-state index is -0.441. The van der Waals surface area contributed by atoms with Gasteiger partial charge in [-0.3, -0.25) is 14.9 Å². The van der Waals surface area contributed by atoms with Gasteiger partial charge in [0.1, 0.15) is 0 Å². The van der Waals surface area contributed by atoms with Gasteiger partial charge < -0.3 is 4.90 Å². The highest BCUT2D eigenvalue weighted by molar-refractivity contribution is 6.30. The van der Waals surface area contributed by atoms with Crippen LogP contribution in [0, 0.1) is 10.1 Å². The Morgan fingerprint density at radius 3 is 2.52 bits per heavy atom. The molecule has 1 saturated heterocycles. The predicted octanol–water partition coefficient (Wildman–Crippen LogP) is 4.00. The minimum Gasteiger partial charge on any atom is -0.371 e.